The summed E-state index contributed by atoms with van der Waals surface area (Å²) in [7, 11) is 0. The number of hydrogen-bond acceptors (Lipinski definition) is 3. The van der Waals surface area contributed by atoms with Gasteiger partial charge >= 0.3 is 0 Å². The highest BCUT2D eigenvalue weighted by molar-refractivity contribution is 5.92. The normalized spacial score (nSPS) is 16.6. The van der Waals surface area contributed by atoms with Crippen molar-refractivity contribution in [1.82, 2.24) is 20.1 Å². The minimum Gasteiger partial charge on any atom is -0.337 e. The molecule has 1 N–H and O–H groups in total. The van der Waals surface area contributed by atoms with Crippen LogP contribution < -0.4 is 0 Å². The van der Waals surface area contributed by atoms with E-state index in [2.05, 4.69) is 48.1 Å². The van der Waals surface area contributed by atoms with Crippen LogP contribution in [0, 0.1) is 0 Å². The van der Waals surface area contributed by atoms with E-state index < -0.39 is 0 Å². The summed E-state index contributed by atoms with van der Waals surface area (Å²) in [6, 6.07) is 6.04. The van der Waals surface area contributed by atoms with Crippen LogP contribution in [0.2, 0.25) is 0 Å². The van der Waals surface area contributed by atoms with Crippen molar-refractivity contribution in [3.05, 3.63) is 47.5 Å². The Labute approximate surface area is 137 Å². The summed E-state index contributed by atoms with van der Waals surface area (Å²) in [5.74, 6) is 0.552. The molecule has 1 aliphatic heterocycles. The van der Waals surface area contributed by atoms with Gasteiger partial charge in [0.2, 0.25) is 0 Å². The van der Waals surface area contributed by atoms with Crippen molar-refractivity contribution in [3.63, 3.8) is 0 Å². The number of nitrogens with one attached hydrogen (secondary N) is 1. The number of hydrogen-bond donors (Lipinski definition) is 1. The van der Waals surface area contributed by atoms with Gasteiger partial charge < -0.3 is 4.90 Å². The van der Waals surface area contributed by atoms with Crippen molar-refractivity contribution in [2.45, 2.75) is 44.9 Å². The molecule has 1 saturated heterocycles. The van der Waals surface area contributed by atoms with E-state index in [0.717, 1.165) is 31.6 Å². The molecule has 0 aromatic carbocycles. The molecule has 23 heavy (non-hydrogen) atoms. The average Bonchev–Trinajstić information content (AvgIpc) is 3.05. The largest absolute Gasteiger partial charge is 0.337 e. The summed E-state index contributed by atoms with van der Waals surface area (Å²) in [6.45, 7) is 7.88. The van der Waals surface area contributed by atoms with Gasteiger partial charge in [0, 0.05) is 36.6 Å². The lowest BCUT2D eigenvalue weighted by molar-refractivity contribution is 0.0707. The van der Waals surface area contributed by atoms with Gasteiger partial charge in [-0.3, -0.25) is 14.9 Å². The van der Waals surface area contributed by atoms with Gasteiger partial charge in [0.15, 0.2) is 0 Å². The SMILES string of the molecule is CC(C)(C)c1cc(C(=O)N2CCC(c3ccncc3)CC2)n[nH]1. The van der Waals surface area contributed by atoms with Crippen molar-refractivity contribution in [2.75, 3.05) is 13.1 Å². The first-order valence-corrected chi connectivity index (χ1v) is 8.20. The number of nitrogens with zero attached hydrogens (tertiary/aromatic N) is 3. The molecule has 5 heteroatoms. The maximum absolute atomic E-state index is 12.6. The van der Waals surface area contributed by atoms with Crippen molar-refractivity contribution >= 4 is 5.91 Å². The number of aromatic nitrogens is 3. The molecule has 5 nitrogen and oxygen atoms in total. The van der Waals surface area contributed by atoms with Crippen LogP contribution >= 0.6 is 0 Å². The van der Waals surface area contributed by atoms with E-state index in [1.54, 1.807) is 0 Å². The minimum atomic E-state index is -0.0279. The molecule has 0 radical (unpaired) electrons. The summed E-state index contributed by atoms with van der Waals surface area (Å²) < 4.78 is 0. The second kappa shape index (κ2) is 6.14. The number of carbonyl (C=O) groups excluding carboxylic acids is 1. The third kappa shape index (κ3) is 3.44. The van der Waals surface area contributed by atoms with E-state index in [9.17, 15) is 4.79 Å². The number of likely N-dealkylation sites (tertiary alicyclic amines) is 1. The van der Waals surface area contributed by atoms with E-state index in [1.165, 1.54) is 5.56 Å². The third-order valence-electron chi connectivity index (χ3n) is 4.56. The van der Waals surface area contributed by atoms with Gasteiger partial charge in [0.05, 0.1) is 0 Å². The Morgan fingerprint density at radius 2 is 1.87 bits per heavy atom. The fourth-order valence-electron chi connectivity index (χ4n) is 3.03. The van der Waals surface area contributed by atoms with Crippen LogP contribution in [0.3, 0.4) is 0 Å². The average molecular weight is 312 g/mol. The molecular weight excluding hydrogens is 288 g/mol. The standard InChI is InChI=1S/C18H24N4O/c1-18(2,3)16-12-15(20-21-16)17(23)22-10-6-14(7-11-22)13-4-8-19-9-5-13/h4-5,8-9,12,14H,6-7,10-11H2,1-3H3,(H,20,21). The lowest BCUT2D eigenvalue weighted by Crippen LogP contribution is -2.38. The fourth-order valence-corrected chi connectivity index (χ4v) is 3.03. The van der Waals surface area contributed by atoms with Crippen LogP contribution in [0.25, 0.3) is 0 Å². The van der Waals surface area contributed by atoms with Crippen molar-refractivity contribution in [3.8, 4) is 0 Å². The minimum absolute atomic E-state index is 0.0279. The van der Waals surface area contributed by atoms with Gasteiger partial charge in [-0.1, -0.05) is 20.8 Å². The number of aromatic amines is 1. The topological polar surface area (TPSA) is 61.9 Å². The van der Waals surface area contributed by atoms with E-state index in [0.29, 0.717) is 11.6 Å². The molecule has 122 valence electrons. The van der Waals surface area contributed by atoms with Gasteiger partial charge in [-0.25, -0.2) is 0 Å². The van der Waals surface area contributed by atoms with Crippen LogP contribution in [0.4, 0.5) is 0 Å². The Morgan fingerprint density at radius 1 is 1.22 bits per heavy atom. The number of H-pyrrole nitrogens is 1. The second-order valence-electron chi connectivity index (χ2n) is 7.26. The summed E-state index contributed by atoms with van der Waals surface area (Å²) >= 11 is 0. The molecule has 0 spiro atoms. The smallest absolute Gasteiger partial charge is 0.274 e. The maximum atomic E-state index is 12.6. The third-order valence-corrected chi connectivity index (χ3v) is 4.56. The fraction of sp³-hybridized carbons (Fsp3) is 0.500. The zero-order valence-electron chi connectivity index (χ0n) is 14.0. The first kappa shape index (κ1) is 15.7. The highest BCUT2D eigenvalue weighted by atomic mass is 16.2. The summed E-state index contributed by atoms with van der Waals surface area (Å²) in [5.41, 5.74) is 2.81. The zero-order chi connectivity index (χ0) is 16.4. The van der Waals surface area contributed by atoms with Gasteiger partial charge in [-0.2, -0.15) is 5.10 Å². The van der Waals surface area contributed by atoms with Gasteiger partial charge in [0.25, 0.3) is 5.91 Å². The van der Waals surface area contributed by atoms with Crippen molar-refractivity contribution in [2.24, 2.45) is 0 Å². The Balaban J connectivity index is 1.63. The van der Waals surface area contributed by atoms with Crippen LogP contribution in [-0.4, -0.2) is 39.1 Å². The Kier molecular flexibility index (Phi) is 4.20. The molecule has 3 rings (SSSR count). The monoisotopic (exact) mass is 312 g/mol. The van der Waals surface area contributed by atoms with E-state index in [1.807, 2.05) is 23.4 Å². The van der Waals surface area contributed by atoms with E-state index >= 15 is 0 Å². The quantitative estimate of drug-likeness (QED) is 0.926. The molecule has 1 amide bonds. The number of amides is 1. The maximum Gasteiger partial charge on any atom is 0.274 e. The predicted molar refractivity (Wildman–Crippen MR) is 89.4 cm³/mol. The molecule has 0 unspecified atom stereocenters. The van der Waals surface area contributed by atoms with Crippen molar-refractivity contribution in [1.29, 1.82) is 0 Å². The number of carbonyl (C=O) groups is 1. The molecule has 0 aliphatic carbocycles. The molecule has 0 atom stereocenters. The van der Waals surface area contributed by atoms with E-state index in [4.69, 9.17) is 0 Å². The molecule has 2 aromatic rings. The number of pyridine rings is 1. The van der Waals surface area contributed by atoms with Gasteiger partial charge in [-0.15, -0.1) is 0 Å². The molecule has 1 fully saturated rings. The van der Waals surface area contributed by atoms with Crippen LogP contribution in [0.15, 0.2) is 30.6 Å². The highest BCUT2D eigenvalue weighted by Gasteiger charge is 2.27. The lowest BCUT2D eigenvalue weighted by atomic mass is 9.90. The summed E-state index contributed by atoms with van der Waals surface area (Å²) in [6.07, 6.45) is 5.66. The Hall–Kier alpha value is -2.17. The molecule has 3 heterocycles. The molecule has 2 aromatic heterocycles. The first-order chi connectivity index (χ1) is 10.9. The molecule has 0 bridgehead atoms. The molecular formula is C18H24N4O. The second-order valence-corrected chi connectivity index (χ2v) is 7.26. The zero-order valence-corrected chi connectivity index (χ0v) is 14.0. The molecule has 1 aliphatic rings. The van der Waals surface area contributed by atoms with Crippen molar-refractivity contribution < 1.29 is 4.79 Å². The van der Waals surface area contributed by atoms with Gasteiger partial charge in [0.1, 0.15) is 5.69 Å². The first-order valence-electron chi connectivity index (χ1n) is 8.20. The Bertz CT molecular complexity index is 664. The predicted octanol–water partition coefficient (Wildman–Crippen LogP) is 3.12. The van der Waals surface area contributed by atoms with Gasteiger partial charge in [-0.05, 0) is 42.5 Å². The van der Waals surface area contributed by atoms with Crippen LogP contribution in [0.1, 0.15) is 61.3 Å². The lowest BCUT2D eigenvalue weighted by Gasteiger charge is -2.31. The molecule has 0 saturated carbocycles. The highest BCUT2D eigenvalue weighted by Crippen LogP contribution is 2.28. The van der Waals surface area contributed by atoms with Crippen LogP contribution in [-0.2, 0) is 5.41 Å². The van der Waals surface area contributed by atoms with Crippen LogP contribution in [0.5, 0.6) is 0 Å². The number of piperidine rings is 1. The van der Waals surface area contributed by atoms with E-state index in [-0.39, 0.29) is 11.3 Å². The summed E-state index contributed by atoms with van der Waals surface area (Å²) in [5, 5.41) is 7.21. The number of rotatable bonds is 2. The Morgan fingerprint density at radius 3 is 2.43 bits per heavy atom. The summed E-state index contributed by atoms with van der Waals surface area (Å²) in [4.78, 5) is 18.6.